The lowest BCUT2D eigenvalue weighted by Crippen LogP contribution is -2.04. The van der Waals surface area contributed by atoms with E-state index in [4.69, 9.17) is 17.0 Å². The summed E-state index contributed by atoms with van der Waals surface area (Å²) in [4.78, 5) is 0. The molecule has 2 aromatic heterocycles. The number of rotatable bonds is 6. The molecule has 8 heteroatoms. The van der Waals surface area contributed by atoms with Crippen LogP contribution in [-0.4, -0.2) is 30.9 Å². The van der Waals surface area contributed by atoms with Gasteiger partial charge in [-0.2, -0.15) is 20.0 Å². The lowest BCUT2D eigenvalue weighted by atomic mass is 10.2. The van der Waals surface area contributed by atoms with Gasteiger partial charge in [0.25, 0.3) is 0 Å². The van der Waals surface area contributed by atoms with Crippen LogP contribution in [0.4, 0.5) is 0 Å². The number of hydrogen-bond acceptors (Lipinski definition) is 5. The molecule has 0 amide bonds. The standard InChI is InChI=1S/C21H20N6OS/c1-15-19(16(2)26(25-15)17-9-5-3-6-10-17)13-22-27-20(23-24-21(27)29)14-28-18-11-7-4-8-12-18/h3-13H,14H2,1-2H3,(H,24,29)/b22-13-. The Morgan fingerprint density at radius 2 is 1.76 bits per heavy atom. The molecule has 1 N–H and O–H groups in total. The average molecular weight is 404 g/mol. The maximum Gasteiger partial charge on any atom is 0.216 e. The Hall–Kier alpha value is -3.52. The molecule has 0 saturated carbocycles. The molecular weight excluding hydrogens is 384 g/mol. The number of H-pyrrole nitrogens is 1. The van der Waals surface area contributed by atoms with Crippen molar-refractivity contribution in [2.75, 3.05) is 0 Å². The van der Waals surface area contributed by atoms with Gasteiger partial charge < -0.3 is 4.74 Å². The molecule has 7 nitrogen and oxygen atoms in total. The van der Waals surface area contributed by atoms with Crippen LogP contribution in [0.3, 0.4) is 0 Å². The number of aromatic nitrogens is 5. The Morgan fingerprint density at radius 3 is 2.48 bits per heavy atom. The molecule has 0 bridgehead atoms. The summed E-state index contributed by atoms with van der Waals surface area (Å²) in [6.07, 6.45) is 1.76. The molecule has 0 atom stereocenters. The summed E-state index contributed by atoms with van der Waals surface area (Å²) in [5.41, 5.74) is 3.82. The number of nitrogens with zero attached hydrogens (tertiary/aromatic N) is 5. The van der Waals surface area contributed by atoms with Crippen LogP contribution in [0.15, 0.2) is 65.8 Å². The summed E-state index contributed by atoms with van der Waals surface area (Å²) in [6.45, 7) is 4.22. The summed E-state index contributed by atoms with van der Waals surface area (Å²) in [5.74, 6) is 1.34. The molecule has 29 heavy (non-hydrogen) atoms. The van der Waals surface area contributed by atoms with E-state index in [1.807, 2.05) is 79.2 Å². The second kappa shape index (κ2) is 8.24. The molecule has 4 rings (SSSR count). The van der Waals surface area contributed by atoms with Crippen molar-refractivity contribution in [1.82, 2.24) is 24.7 Å². The van der Waals surface area contributed by atoms with Gasteiger partial charge in [0, 0.05) is 5.56 Å². The Bertz CT molecular complexity index is 1190. The highest BCUT2D eigenvalue weighted by Crippen LogP contribution is 2.16. The monoisotopic (exact) mass is 404 g/mol. The molecule has 0 spiro atoms. The minimum Gasteiger partial charge on any atom is -0.486 e. The molecule has 4 aromatic rings. The van der Waals surface area contributed by atoms with Gasteiger partial charge >= 0.3 is 0 Å². The van der Waals surface area contributed by atoms with Crippen LogP contribution in [0.5, 0.6) is 5.75 Å². The molecule has 0 aliphatic carbocycles. The third-order valence-corrected chi connectivity index (χ3v) is 4.74. The second-order valence-electron chi connectivity index (χ2n) is 6.43. The summed E-state index contributed by atoms with van der Waals surface area (Å²) >= 11 is 5.32. The fourth-order valence-corrected chi connectivity index (χ4v) is 3.18. The molecule has 2 aromatic carbocycles. The minimum absolute atomic E-state index is 0.246. The van der Waals surface area contributed by atoms with Gasteiger partial charge in [-0.15, -0.1) is 0 Å². The number of aromatic amines is 1. The van der Waals surface area contributed by atoms with E-state index in [0.29, 0.717) is 10.6 Å². The van der Waals surface area contributed by atoms with Gasteiger partial charge in [0.15, 0.2) is 5.82 Å². The maximum absolute atomic E-state index is 5.77. The van der Waals surface area contributed by atoms with Crippen molar-refractivity contribution in [3.05, 3.63) is 88.2 Å². The van der Waals surface area contributed by atoms with Crippen LogP contribution in [0, 0.1) is 18.6 Å². The van der Waals surface area contributed by atoms with Crippen molar-refractivity contribution in [2.45, 2.75) is 20.5 Å². The molecule has 0 unspecified atom stereocenters. The van der Waals surface area contributed by atoms with Gasteiger partial charge in [-0.25, -0.2) is 9.78 Å². The molecule has 0 aliphatic heterocycles. The van der Waals surface area contributed by atoms with E-state index >= 15 is 0 Å². The molecular formula is C21H20N6OS. The number of ether oxygens (including phenoxy) is 1. The van der Waals surface area contributed by atoms with Crippen molar-refractivity contribution in [3.8, 4) is 11.4 Å². The highest BCUT2D eigenvalue weighted by molar-refractivity contribution is 7.71. The third-order valence-electron chi connectivity index (χ3n) is 4.48. The fourth-order valence-electron chi connectivity index (χ4n) is 2.98. The van der Waals surface area contributed by atoms with Crippen LogP contribution >= 0.6 is 12.2 Å². The number of para-hydroxylation sites is 2. The van der Waals surface area contributed by atoms with Crippen LogP contribution in [-0.2, 0) is 6.61 Å². The van der Waals surface area contributed by atoms with Crippen LogP contribution in [0.1, 0.15) is 22.8 Å². The third kappa shape index (κ3) is 4.02. The summed E-state index contributed by atoms with van der Waals surface area (Å²) in [6, 6.07) is 19.6. The number of benzene rings is 2. The average Bonchev–Trinajstić information content (AvgIpc) is 3.25. The number of hydrogen-bond donors (Lipinski definition) is 1. The Labute approximate surface area is 173 Å². The number of nitrogens with one attached hydrogen (secondary N) is 1. The van der Waals surface area contributed by atoms with E-state index in [9.17, 15) is 0 Å². The first-order valence-electron chi connectivity index (χ1n) is 9.13. The topological polar surface area (TPSA) is 73.0 Å². The molecule has 146 valence electrons. The zero-order valence-corrected chi connectivity index (χ0v) is 16.9. The smallest absolute Gasteiger partial charge is 0.216 e. The van der Waals surface area contributed by atoms with Crippen molar-refractivity contribution < 1.29 is 4.74 Å². The van der Waals surface area contributed by atoms with Gasteiger partial charge in [0.1, 0.15) is 12.4 Å². The minimum atomic E-state index is 0.246. The van der Waals surface area contributed by atoms with Gasteiger partial charge in [-0.3, -0.25) is 0 Å². The van der Waals surface area contributed by atoms with Crippen LogP contribution < -0.4 is 4.74 Å². The fraction of sp³-hybridized carbons (Fsp3) is 0.143. The summed E-state index contributed by atoms with van der Waals surface area (Å²) in [7, 11) is 0. The quantitative estimate of drug-likeness (QED) is 0.386. The van der Waals surface area contributed by atoms with Gasteiger partial charge in [-0.1, -0.05) is 36.4 Å². The summed E-state index contributed by atoms with van der Waals surface area (Å²) < 4.78 is 9.64. The van der Waals surface area contributed by atoms with E-state index < -0.39 is 0 Å². The normalized spacial score (nSPS) is 11.2. The predicted molar refractivity (Wildman–Crippen MR) is 114 cm³/mol. The van der Waals surface area contributed by atoms with Crippen molar-refractivity contribution in [1.29, 1.82) is 0 Å². The van der Waals surface area contributed by atoms with E-state index in [2.05, 4.69) is 20.4 Å². The maximum atomic E-state index is 5.77. The predicted octanol–water partition coefficient (Wildman–Crippen LogP) is 4.20. The highest BCUT2D eigenvalue weighted by atomic mass is 32.1. The van der Waals surface area contributed by atoms with Crippen LogP contribution in [0.2, 0.25) is 0 Å². The van der Waals surface area contributed by atoms with Crippen molar-refractivity contribution >= 4 is 18.4 Å². The summed E-state index contributed by atoms with van der Waals surface area (Å²) in [5, 5.41) is 16.2. The lowest BCUT2D eigenvalue weighted by molar-refractivity contribution is 0.290. The first-order chi connectivity index (χ1) is 14.1. The van der Waals surface area contributed by atoms with Gasteiger partial charge in [-0.05, 0) is 50.3 Å². The molecule has 0 fully saturated rings. The zero-order chi connectivity index (χ0) is 20.2. The second-order valence-corrected chi connectivity index (χ2v) is 6.82. The van der Waals surface area contributed by atoms with E-state index in [1.54, 1.807) is 10.9 Å². The zero-order valence-electron chi connectivity index (χ0n) is 16.1. The molecule has 0 aliphatic rings. The van der Waals surface area contributed by atoms with E-state index in [-0.39, 0.29) is 6.61 Å². The first kappa shape index (κ1) is 18.8. The largest absolute Gasteiger partial charge is 0.486 e. The Morgan fingerprint density at radius 1 is 1.07 bits per heavy atom. The first-order valence-corrected chi connectivity index (χ1v) is 9.54. The van der Waals surface area contributed by atoms with E-state index in [0.717, 1.165) is 28.4 Å². The van der Waals surface area contributed by atoms with Crippen molar-refractivity contribution in [2.24, 2.45) is 5.10 Å². The lowest BCUT2D eigenvalue weighted by Gasteiger charge is -2.05. The van der Waals surface area contributed by atoms with Crippen molar-refractivity contribution in [3.63, 3.8) is 0 Å². The van der Waals surface area contributed by atoms with Gasteiger partial charge in [0.05, 0.1) is 23.3 Å². The van der Waals surface area contributed by atoms with Gasteiger partial charge in [0.2, 0.25) is 4.77 Å². The number of aryl methyl sites for hydroxylation is 1. The van der Waals surface area contributed by atoms with E-state index in [1.165, 1.54) is 0 Å². The Kier molecular flexibility index (Phi) is 5.35. The molecule has 0 saturated heterocycles. The highest BCUT2D eigenvalue weighted by Gasteiger charge is 2.12. The molecule has 0 radical (unpaired) electrons. The molecule has 2 heterocycles. The van der Waals surface area contributed by atoms with Crippen LogP contribution in [0.25, 0.3) is 5.69 Å². The Balaban J connectivity index is 1.60. The SMILES string of the molecule is Cc1nn(-c2ccccc2)c(C)c1/C=N\n1c(COc2ccccc2)n[nH]c1=S.